The second-order valence-corrected chi connectivity index (χ2v) is 3.67. The van der Waals surface area contributed by atoms with Crippen molar-refractivity contribution in [1.29, 1.82) is 0 Å². The Morgan fingerprint density at radius 2 is 2.11 bits per heavy atom. The van der Waals surface area contributed by atoms with Crippen molar-refractivity contribution in [2.75, 3.05) is 14.2 Å². The van der Waals surface area contributed by atoms with E-state index < -0.39 is 23.5 Å². The van der Waals surface area contributed by atoms with Crippen molar-refractivity contribution < 1.29 is 19.1 Å². The first kappa shape index (κ1) is 14.7. The average Bonchev–Trinajstić information content (AvgIpc) is 2.38. The maximum atomic E-state index is 11.6. The highest BCUT2D eigenvalue weighted by molar-refractivity contribution is 5.83. The molecule has 0 aliphatic heterocycles. The van der Waals surface area contributed by atoms with E-state index in [0.717, 1.165) is 4.68 Å². The number of nitrogens with zero attached hydrogens (tertiary/aromatic N) is 2. The summed E-state index contributed by atoms with van der Waals surface area (Å²) in [6.45, 7) is 1.13. The van der Waals surface area contributed by atoms with Gasteiger partial charge in [0.05, 0.1) is 20.8 Å². The van der Waals surface area contributed by atoms with E-state index in [2.05, 4.69) is 15.2 Å². The summed E-state index contributed by atoms with van der Waals surface area (Å²) < 4.78 is 10.5. The topological polar surface area (TPSA) is 99.5 Å². The highest BCUT2D eigenvalue weighted by Gasteiger charge is 2.21. The molecule has 0 radical (unpaired) electrons. The molecule has 0 aromatic carbocycles. The average molecular weight is 269 g/mol. The van der Waals surface area contributed by atoms with Gasteiger partial charge in [-0.3, -0.25) is 9.59 Å². The van der Waals surface area contributed by atoms with E-state index in [-0.39, 0.29) is 12.4 Å². The first-order chi connectivity index (χ1) is 8.97. The van der Waals surface area contributed by atoms with E-state index in [4.69, 9.17) is 4.74 Å². The van der Waals surface area contributed by atoms with Crippen LogP contribution in [0.5, 0.6) is 5.88 Å². The number of methoxy groups -OCH3 is 2. The Morgan fingerprint density at radius 3 is 2.63 bits per heavy atom. The first-order valence-corrected chi connectivity index (χ1v) is 5.45. The zero-order valence-corrected chi connectivity index (χ0v) is 10.9. The SMILES string of the molecule is COC(=O)C(Cn1nc(OC)ccc1=O)NC(C)=O. The van der Waals surface area contributed by atoms with E-state index in [1.54, 1.807) is 0 Å². The van der Waals surface area contributed by atoms with Crippen molar-refractivity contribution in [2.45, 2.75) is 19.5 Å². The number of hydrogen-bond donors (Lipinski definition) is 1. The van der Waals surface area contributed by atoms with Crippen LogP contribution in [0.4, 0.5) is 0 Å². The van der Waals surface area contributed by atoms with E-state index in [9.17, 15) is 14.4 Å². The molecule has 1 rings (SSSR count). The quantitative estimate of drug-likeness (QED) is 0.683. The van der Waals surface area contributed by atoms with Crippen LogP contribution in [0, 0.1) is 0 Å². The molecule has 0 saturated carbocycles. The molecule has 104 valence electrons. The third kappa shape index (κ3) is 4.09. The van der Waals surface area contributed by atoms with Crippen molar-refractivity contribution in [3.63, 3.8) is 0 Å². The lowest BCUT2D eigenvalue weighted by atomic mass is 10.3. The standard InChI is InChI=1S/C11H15N3O5/c1-7(15)12-8(11(17)19-3)6-14-10(16)5-4-9(13-14)18-2/h4-5,8H,6H2,1-3H3,(H,12,15). The predicted octanol–water partition coefficient (Wildman–Crippen LogP) is -1.07. The minimum Gasteiger partial charge on any atom is -0.480 e. The third-order valence-corrected chi connectivity index (χ3v) is 2.27. The minimum absolute atomic E-state index is 0.137. The van der Waals surface area contributed by atoms with Gasteiger partial charge in [0.15, 0.2) is 0 Å². The van der Waals surface area contributed by atoms with E-state index in [1.165, 1.54) is 33.3 Å². The number of carbonyl (C=O) groups excluding carboxylic acids is 2. The van der Waals surface area contributed by atoms with Crippen LogP contribution in [0.15, 0.2) is 16.9 Å². The number of rotatable bonds is 5. The molecule has 8 heteroatoms. The lowest BCUT2D eigenvalue weighted by Gasteiger charge is -2.16. The molecule has 19 heavy (non-hydrogen) atoms. The molecule has 1 atom stereocenters. The summed E-state index contributed by atoms with van der Waals surface area (Å²) in [7, 11) is 2.60. The largest absolute Gasteiger partial charge is 0.480 e. The molecule has 1 unspecified atom stereocenters. The number of aromatic nitrogens is 2. The zero-order valence-electron chi connectivity index (χ0n) is 10.9. The van der Waals surface area contributed by atoms with Gasteiger partial charge >= 0.3 is 5.97 Å². The number of esters is 1. The zero-order chi connectivity index (χ0) is 14.4. The van der Waals surface area contributed by atoms with Gasteiger partial charge in [0.2, 0.25) is 11.8 Å². The Labute approximate surface area is 109 Å². The van der Waals surface area contributed by atoms with Crippen LogP contribution in [0.3, 0.4) is 0 Å². The summed E-state index contributed by atoms with van der Waals surface area (Å²) in [6.07, 6.45) is 0. The normalized spacial score (nSPS) is 11.5. The number of nitrogens with one attached hydrogen (secondary N) is 1. The van der Waals surface area contributed by atoms with Crippen molar-refractivity contribution in [3.05, 3.63) is 22.5 Å². The Kier molecular flexibility index (Phi) is 5.04. The molecule has 1 aromatic rings. The molecule has 0 spiro atoms. The van der Waals surface area contributed by atoms with Crippen LogP contribution in [-0.2, 0) is 20.9 Å². The van der Waals surface area contributed by atoms with Crippen molar-refractivity contribution in [3.8, 4) is 5.88 Å². The predicted molar refractivity (Wildman–Crippen MR) is 64.7 cm³/mol. The third-order valence-electron chi connectivity index (χ3n) is 2.27. The van der Waals surface area contributed by atoms with Crippen LogP contribution in [0.2, 0.25) is 0 Å². The summed E-state index contributed by atoms with van der Waals surface area (Å²) in [6, 6.07) is 1.68. The number of carbonyl (C=O) groups is 2. The lowest BCUT2D eigenvalue weighted by Crippen LogP contribution is -2.45. The Hall–Kier alpha value is -2.38. The Bertz CT molecular complexity index is 525. The monoisotopic (exact) mass is 269 g/mol. The summed E-state index contributed by atoms with van der Waals surface area (Å²) in [5, 5.41) is 6.27. The van der Waals surface area contributed by atoms with Gasteiger partial charge in [-0.2, -0.15) is 0 Å². The maximum absolute atomic E-state index is 11.6. The second kappa shape index (κ2) is 6.53. The molecular formula is C11H15N3O5. The lowest BCUT2D eigenvalue weighted by molar-refractivity contribution is -0.145. The number of ether oxygens (including phenoxy) is 2. The van der Waals surface area contributed by atoms with Crippen LogP contribution in [-0.4, -0.2) is 41.9 Å². The highest BCUT2D eigenvalue weighted by atomic mass is 16.5. The molecule has 0 bridgehead atoms. The molecule has 0 aliphatic rings. The first-order valence-electron chi connectivity index (χ1n) is 5.45. The second-order valence-electron chi connectivity index (χ2n) is 3.67. The van der Waals surface area contributed by atoms with E-state index in [1.807, 2.05) is 0 Å². The molecule has 0 saturated heterocycles. The molecule has 1 N–H and O–H groups in total. The molecule has 0 aliphatic carbocycles. The van der Waals surface area contributed by atoms with Gasteiger partial charge < -0.3 is 14.8 Å². The van der Waals surface area contributed by atoms with Gasteiger partial charge in [0.1, 0.15) is 6.04 Å². The molecule has 1 heterocycles. The fourth-order valence-electron chi connectivity index (χ4n) is 1.41. The van der Waals surface area contributed by atoms with Gasteiger partial charge in [-0.25, -0.2) is 9.48 Å². The maximum Gasteiger partial charge on any atom is 0.330 e. The van der Waals surface area contributed by atoms with Crippen molar-refractivity contribution in [2.24, 2.45) is 0 Å². The van der Waals surface area contributed by atoms with Gasteiger partial charge in [0, 0.05) is 19.1 Å². The van der Waals surface area contributed by atoms with E-state index >= 15 is 0 Å². The van der Waals surface area contributed by atoms with E-state index in [0.29, 0.717) is 0 Å². The van der Waals surface area contributed by atoms with Crippen LogP contribution < -0.4 is 15.6 Å². The smallest absolute Gasteiger partial charge is 0.330 e. The number of hydrogen-bond acceptors (Lipinski definition) is 6. The van der Waals surface area contributed by atoms with Crippen LogP contribution in [0.1, 0.15) is 6.92 Å². The fraction of sp³-hybridized carbons (Fsp3) is 0.455. The van der Waals surface area contributed by atoms with Gasteiger partial charge in [0.25, 0.3) is 5.56 Å². The van der Waals surface area contributed by atoms with Crippen molar-refractivity contribution >= 4 is 11.9 Å². The van der Waals surface area contributed by atoms with Gasteiger partial charge in [-0.1, -0.05) is 0 Å². The summed E-state index contributed by atoms with van der Waals surface area (Å²) in [5.41, 5.74) is -0.417. The highest BCUT2D eigenvalue weighted by Crippen LogP contribution is 2.00. The van der Waals surface area contributed by atoms with Crippen LogP contribution in [0.25, 0.3) is 0 Å². The minimum atomic E-state index is -0.986. The summed E-state index contributed by atoms with van der Waals surface area (Å²) in [4.78, 5) is 34.1. The Morgan fingerprint density at radius 1 is 1.42 bits per heavy atom. The molecule has 1 aromatic heterocycles. The Balaban J connectivity index is 2.98. The summed E-state index contributed by atoms with van der Waals surface area (Å²) >= 11 is 0. The molecular weight excluding hydrogens is 254 g/mol. The van der Waals surface area contributed by atoms with Gasteiger partial charge in [-0.05, 0) is 0 Å². The molecule has 0 fully saturated rings. The molecule has 1 amide bonds. The fourth-order valence-corrected chi connectivity index (χ4v) is 1.41. The van der Waals surface area contributed by atoms with Crippen LogP contribution >= 0.6 is 0 Å². The van der Waals surface area contributed by atoms with Crippen molar-refractivity contribution in [1.82, 2.24) is 15.1 Å². The van der Waals surface area contributed by atoms with Gasteiger partial charge in [-0.15, -0.1) is 5.10 Å². The molecule has 8 nitrogen and oxygen atoms in total. The summed E-state index contributed by atoms with van der Waals surface area (Å²) in [5.74, 6) is -0.843. The number of amides is 1.